The van der Waals surface area contributed by atoms with Crippen LogP contribution >= 0.6 is 0 Å². The number of benzene rings is 4. The molecule has 1 atom stereocenters. The maximum Gasteiger partial charge on any atom is -1.00 e. The predicted octanol–water partition coefficient (Wildman–Crippen LogP) is 8.51. The molecule has 1 aliphatic rings. The Kier molecular flexibility index (Phi) is 16.6. The van der Waals surface area contributed by atoms with Crippen molar-refractivity contribution in [2.75, 3.05) is 0 Å². The molecule has 0 saturated heterocycles. The molecule has 0 heterocycles. The van der Waals surface area contributed by atoms with Gasteiger partial charge in [-0.15, -0.1) is 39.7 Å². The zero-order valence-corrected chi connectivity index (χ0v) is 37.6. The van der Waals surface area contributed by atoms with Gasteiger partial charge in [0, 0.05) is 0 Å². The molecule has 1 aliphatic carbocycles. The number of rotatable bonds is 3. The van der Waals surface area contributed by atoms with E-state index >= 15 is 0 Å². The van der Waals surface area contributed by atoms with Crippen molar-refractivity contribution in [1.82, 2.24) is 0 Å². The third-order valence-electron chi connectivity index (χ3n) is 9.54. The molecule has 1 unspecified atom stereocenters. The number of fused-ring (bicyclic) bond motifs is 3. The average molecular weight is 891 g/mol. The molecule has 5 aromatic rings. The Morgan fingerprint density at radius 2 is 1.00 bits per heavy atom. The van der Waals surface area contributed by atoms with Gasteiger partial charge in [0.15, 0.2) is 0 Å². The number of hydrogen-bond donors (Lipinski definition) is 0. The summed E-state index contributed by atoms with van der Waals surface area (Å²) in [6, 6.07) is 25.3. The van der Waals surface area contributed by atoms with E-state index in [1.165, 1.54) is 68.9 Å². The van der Waals surface area contributed by atoms with Gasteiger partial charge in [0.2, 0.25) is 0 Å². The van der Waals surface area contributed by atoms with E-state index in [1.54, 1.807) is 0 Å². The van der Waals surface area contributed by atoms with Crippen molar-refractivity contribution < 1.29 is 75.4 Å². The molecule has 0 N–H and O–H groups in total. The summed E-state index contributed by atoms with van der Waals surface area (Å²) in [5, 5.41) is 5.49. The molecule has 5 aromatic carbocycles. The van der Waals surface area contributed by atoms with Gasteiger partial charge in [-0.1, -0.05) is 122 Å². The van der Waals surface area contributed by atoms with Gasteiger partial charge in [0.25, 0.3) is 0 Å². The molecule has 0 bridgehead atoms. The van der Waals surface area contributed by atoms with E-state index in [0.29, 0.717) is 14.5 Å². The monoisotopic (exact) mass is 888 g/mol. The van der Waals surface area contributed by atoms with Gasteiger partial charge in [0.05, 0.1) is 0 Å². The maximum absolute atomic E-state index is 12.7. The number of hydrogen-bond acceptors (Lipinski definition) is 0. The summed E-state index contributed by atoms with van der Waals surface area (Å²) in [6.07, 6.45) is 0.0304. The molecule has 0 radical (unpaired) electrons. The quantitative estimate of drug-likeness (QED) is 0.126. The van der Waals surface area contributed by atoms with E-state index in [-0.39, 0.29) is 46.8 Å². The van der Waals surface area contributed by atoms with Gasteiger partial charge in [-0.25, -0.2) is 6.08 Å². The van der Waals surface area contributed by atoms with Crippen LogP contribution < -0.4 is 24.8 Å². The molecule has 9 heteroatoms. The largest absolute Gasteiger partial charge is 1.00 e. The van der Waals surface area contributed by atoms with E-state index < -0.39 is 23.5 Å². The minimum absolute atomic E-state index is 0. The molecule has 0 amide bonds. The van der Waals surface area contributed by atoms with Gasteiger partial charge in [-0.05, 0) is 10.8 Å². The summed E-state index contributed by atoms with van der Waals surface area (Å²) in [6.45, 7) is 22.6. The third kappa shape index (κ3) is 12.8. The Balaban J connectivity index is 0.000000300. The first-order chi connectivity index (χ1) is 24.8. The average Bonchev–Trinajstić information content (AvgIpc) is 3.72. The molecule has 0 nitrogen and oxygen atoms in total. The first-order valence-electron chi connectivity index (χ1n) is 18.2. The molecule has 6 rings (SSSR count). The molecule has 0 spiro atoms. The summed E-state index contributed by atoms with van der Waals surface area (Å²) in [5.74, 6) is 0.573. The van der Waals surface area contributed by atoms with Crippen LogP contribution in [-0.2, 0) is 47.4 Å². The SMILES string of the molecule is CC(C)(C)c1ccc2[cH-]c3ccc(C(C)(C)C)cc3c2c1.CCC1[C-]=CC(C(C)(C)C)=C1.FC(F)(F)c1cccc([C](=[Zr+2])c2cccc(C(F)(F)F)c2)c1.[Cl-].[Cl-]. The van der Waals surface area contributed by atoms with E-state index in [0.717, 1.165) is 48.5 Å². The zero-order chi connectivity index (χ0) is 40.4. The molecule has 0 saturated carbocycles. The Bertz CT molecular complexity index is 2040. The number of halogens is 8. The molecule has 300 valence electrons. The van der Waals surface area contributed by atoms with Crippen LogP contribution in [0.3, 0.4) is 0 Å². The first-order valence-corrected chi connectivity index (χ1v) is 19.4. The predicted molar refractivity (Wildman–Crippen MR) is 210 cm³/mol. The summed E-state index contributed by atoms with van der Waals surface area (Å²) in [5.41, 5.74) is 3.83. The van der Waals surface area contributed by atoms with Crippen LogP contribution in [0.1, 0.15) is 109 Å². The minimum Gasteiger partial charge on any atom is -1.00 e. The number of alkyl halides is 6. The van der Waals surface area contributed by atoms with Crippen molar-refractivity contribution in [3.8, 4) is 0 Å². The van der Waals surface area contributed by atoms with Crippen LogP contribution in [0.15, 0.2) is 109 Å². The van der Waals surface area contributed by atoms with E-state index in [1.807, 2.05) is 0 Å². The van der Waals surface area contributed by atoms with Crippen molar-refractivity contribution in [3.05, 3.63) is 148 Å². The Morgan fingerprint density at radius 1 is 0.589 bits per heavy atom. The van der Waals surface area contributed by atoms with Crippen LogP contribution in [0.5, 0.6) is 0 Å². The van der Waals surface area contributed by atoms with Gasteiger partial charge < -0.3 is 24.8 Å². The van der Waals surface area contributed by atoms with Crippen molar-refractivity contribution in [2.24, 2.45) is 11.3 Å². The second-order valence-electron chi connectivity index (χ2n) is 17.0. The van der Waals surface area contributed by atoms with Crippen LogP contribution in [0.4, 0.5) is 26.3 Å². The second kappa shape index (κ2) is 18.8. The van der Waals surface area contributed by atoms with Gasteiger partial charge in [-0.2, -0.15) is 11.6 Å². The smallest absolute Gasteiger partial charge is 1.00 e. The van der Waals surface area contributed by atoms with Crippen LogP contribution in [0.2, 0.25) is 0 Å². The van der Waals surface area contributed by atoms with E-state index in [9.17, 15) is 26.3 Å². The van der Waals surface area contributed by atoms with Crippen molar-refractivity contribution >= 4 is 24.8 Å². The minimum atomic E-state index is -4.49. The summed E-state index contributed by atoms with van der Waals surface area (Å²) < 4.78 is 76.7. The fourth-order valence-electron chi connectivity index (χ4n) is 6.01. The standard InChI is InChI=1S/C21H25.C15H8F6.C11H17.2ClH.Zr/c1-20(2,3)16-9-7-14-11-15-8-10-17(21(4,5)6)13-19(15)18(14)12-16;16-14(17,18)12-5-1-3-10(8-12)7-11-4-2-6-13(9-11)15(19,20)21;1-5-9-6-7-10(8-9)11(2,3)4;;;/h7-13H,1-6H3;1-6,8-9H;7-9H,5H2,1-4H3;2*1H;/q-1;;-1;;;+2/p-2. The third-order valence-corrected chi connectivity index (χ3v) is 11.0. The fourth-order valence-corrected chi connectivity index (χ4v) is 6.78. The summed E-state index contributed by atoms with van der Waals surface area (Å²) in [7, 11) is 0. The molecular weight excluding hydrogens is 841 g/mol. The molecule has 0 aromatic heterocycles. The topological polar surface area (TPSA) is 0 Å². The van der Waals surface area contributed by atoms with E-state index in [2.05, 4.69) is 130 Å². The van der Waals surface area contributed by atoms with Crippen LogP contribution in [0, 0.1) is 17.4 Å². The molecule has 0 aliphatic heterocycles. The Morgan fingerprint density at radius 3 is 1.30 bits per heavy atom. The molecular formula is C47H50Cl2F6Zr-2. The van der Waals surface area contributed by atoms with E-state index in [4.69, 9.17) is 0 Å². The van der Waals surface area contributed by atoms with Crippen molar-refractivity contribution in [2.45, 2.75) is 98.8 Å². The van der Waals surface area contributed by atoms with Crippen LogP contribution in [0.25, 0.3) is 21.5 Å². The first kappa shape index (κ1) is 49.3. The van der Waals surface area contributed by atoms with Gasteiger partial charge >= 0.3 is 137 Å². The number of allylic oxidation sites excluding steroid dienone is 4. The molecule has 56 heavy (non-hydrogen) atoms. The zero-order valence-electron chi connectivity index (χ0n) is 33.6. The van der Waals surface area contributed by atoms with Crippen LogP contribution in [-0.4, -0.2) is 3.21 Å². The Hall–Kier alpha value is -2.86. The maximum atomic E-state index is 12.7. The summed E-state index contributed by atoms with van der Waals surface area (Å²) in [4.78, 5) is 0. The van der Waals surface area contributed by atoms with Crippen molar-refractivity contribution in [1.29, 1.82) is 0 Å². The fraction of sp³-hybridized carbons (Fsp3) is 0.362. The summed E-state index contributed by atoms with van der Waals surface area (Å²) >= 11 is 0.729. The van der Waals surface area contributed by atoms with Gasteiger partial charge in [-0.3, -0.25) is 6.08 Å². The normalized spacial score (nSPS) is 14.5. The second-order valence-corrected chi connectivity index (χ2v) is 18.2. The van der Waals surface area contributed by atoms with Crippen molar-refractivity contribution in [3.63, 3.8) is 0 Å². The Labute approximate surface area is 356 Å². The molecule has 0 fully saturated rings. The van der Waals surface area contributed by atoms with Gasteiger partial charge in [0.1, 0.15) is 0 Å².